The monoisotopic (exact) mass is 488 g/mol. The van der Waals surface area contributed by atoms with Gasteiger partial charge in [-0.2, -0.15) is 9.29 Å². The zero-order valence-corrected chi connectivity index (χ0v) is 20.8. The topological polar surface area (TPSA) is 105 Å². The number of hydrogen-bond donors (Lipinski definition) is 1. The molecule has 0 bridgehead atoms. The summed E-state index contributed by atoms with van der Waals surface area (Å²) in [4.78, 5) is 18.8. The van der Waals surface area contributed by atoms with Crippen LogP contribution in [0.15, 0.2) is 33.7 Å². The van der Waals surface area contributed by atoms with Crippen LogP contribution in [0.4, 0.5) is 5.69 Å². The molecule has 1 N–H and O–H groups in total. The SMILES string of the molecule is CCc1nc(-c2cc(S(=O)(=O)N3CCCC(C(=O)Nc4cccc(C)c4C)C3)c(C)s2)no1. The van der Waals surface area contributed by atoms with Crippen LogP contribution < -0.4 is 5.32 Å². The Morgan fingerprint density at radius 2 is 2.09 bits per heavy atom. The van der Waals surface area contributed by atoms with Gasteiger partial charge in [0, 0.05) is 30.1 Å². The number of rotatable bonds is 6. The maximum atomic E-state index is 13.5. The predicted molar refractivity (Wildman–Crippen MR) is 128 cm³/mol. The number of aryl methyl sites for hydroxylation is 3. The molecule has 1 aliphatic heterocycles. The van der Waals surface area contributed by atoms with Crippen molar-refractivity contribution in [3.05, 3.63) is 46.2 Å². The molecule has 8 nitrogen and oxygen atoms in total. The summed E-state index contributed by atoms with van der Waals surface area (Å²) < 4.78 is 33.5. The molecule has 176 valence electrons. The third-order valence-electron chi connectivity index (χ3n) is 6.10. The first kappa shape index (κ1) is 23.6. The molecule has 1 atom stereocenters. The van der Waals surface area contributed by atoms with Crippen LogP contribution in [0.25, 0.3) is 10.7 Å². The maximum absolute atomic E-state index is 13.5. The van der Waals surface area contributed by atoms with Crippen LogP contribution in [-0.4, -0.2) is 41.9 Å². The molecule has 1 unspecified atom stereocenters. The molecule has 0 spiro atoms. The van der Waals surface area contributed by atoms with Crippen LogP contribution in [-0.2, 0) is 21.2 Å². The standard InChI is InChI=1S/C23H28N4O4S2/c1-5-21-25-22(26-31-21)19-12-20(16(4)32-19)33(29,30)27-11-7-9-17(13-27)23(28)24-18-10-6-8-14(2)15(18)3/h6,8,10,12,17H,5,7,9,11,13H2,1-4H3,(H,24,28). The number of carbonyl (C=O) groups is 1. The Hall–Kier alpha value is -2.56. The molecule has 0 saturated carbocycles. The Morgan fingerprint density at radius 1 is 1.30 bits per heavy atom. The predicted octanol–water partition coefficient (Wildman–Crippen LogP) is 4.33. The second-order valence-electron chi connectivity index (χ2n) is 8.34. The number of carbonyl (C=O) groups excluding carboxylic acids is 1. The highest BCUT2D eigenvalue weighted by atomic mass is 32.2. The van der Waals surface area contributed by atoms with Crippen LogP contribution in [0.2, 0.25) is 0 Å². The summed E-state index contributed by atoms with van der Waals surface area (Å²) in [6.45, 7) is 8.20. The van der Waals surface area contributed by atoms with Gasteiger partial charge in [0.25, 0.3) is 0 Å². The van der Waals surface area contributed by atoms with Gasteiger partial charge in [0.1, 0.15) is 0 Å². The van der Waals surface area contributed by atoms with Crippen molar-refractivity contribution in [2.75, 3.05) is 18.4 Å². The maximum Gasteiger partial charge on any atom is 0.244 e. The molecule has 10 heteroatoms. The summed E-state index contributed by atoms with van der Waals surface area (Å²) >= 11 is 1.32. The third kappa shape index (κ3) is 4.73. The Balaban J connectivity index is 1.52. The Bertz CT molecular complexity index is 1280. The van der Waals surface area contributed by atoms with Gasteiger partial charge in [-0.15, -0.1) is 11.3 Å². The Labute approximate surface area is 198 Å². The molecule has 4 rings (SSSR count). The lowest BCUT2D eigenvalue weighted by molar-refractivity contribution is -0.120. The van der Waals surface area contributed by atoms with Crippen molar-refractivity contribution in [2.24, 2.45) is 5.92 Å². The highest BCUT2D eigenvalue weighted by molar-refractivity contribution is 7.89. The second-order valence-corrected chi connectivity index (χ2v) is 11.5. The zero-order valence-electron chi connectivity index (χ0n) is 19.2. The van der Waals surface area contributed by atoms with E-state index in [1.807, 2.05) is 39.0 Å². The van der Waals surface area contributed by atoms with E-state index in [0.29, 0.717) is 47.3 Å². The number of nitrogens with zero attached hydrogens (tertiary/aromatic N) is 3. The van der Waals surface area contributed by atoms with Crippen LogP contribution >= 0.6 is 11.3 Å². The molecule has 1 saturated heterocycles. The van der Waals surface area contributed by atoms with Crippen molar-refractivity contribution in [1.29, 1.82) is 0 Å². The minimum atomic E-state index is -3.76. The van der Waals surface area contributed by atoms with Crippen molar-refractivity contribution in [3.63, 3.8) is 0 Å². The first-order valence-corrected chi connectivity index (χ1v) is 13.3. The van der Waals surface area contributed by atoms with Gasteiger partial charge in [-0.25, -0.2) is 8.42 Å². The van der Waals surface area contributed by atoms with E-state index in [1.165, 1.54) is 15.6 Å². The van der Waals surface area contributed by atoms with E-state index >= 15 is 0 Å². The number of anilines is 1. The molecular weight excluding hydrogens is 460 g/mol. The molecule has 0 aliphatic carbocycles. The molecular formula is C23H28N4O4S2. The van der Waals surface area contributed by atoms with Crippen molar-refractivity contribution in [2.45, 2.75) is 51.9 Å². The smallest absolute Gasteiger partial charge is 0.244 e. The number of aromatic nitrogens is 2. The summed E-state index contributed by atoms with van der Waals surface area (Å²) in [5.74, 6) is 0.349. The van der Waals surface area contributed by atoms with Crippen LogP contribution in [0.3, 0.4) is 0 Å². The summed E-state index contributed by atoms with van der Waals surface area (Å²) in [6.07, 6.45) is 1.89. The van der Waals surface area contributed by atoms with Crippen LogP contribution in [0, 0.1) is 26.7 Å². The summed E-state index contributed by atoms with van der Waals surface area (Å²) in [6, 6.07) is 7.38. The summed E-state index contributed by atoms with van der Waals surface area (Å²) in [5.41, 5.74) is 2.88. The van der Waals surface area contributed by atoms with Gasteiger partial charge >= 0.3 is 0 Å². The van der Waals surface area contributed by atoms with Crippen LogP contribution in [0.1, 0.15) is 41.7 Å². The fourth-order valence-electron chi connectivity index (χ4n) is 3.97. The third-order valence-corrected chi connectivity index (χ3v) is 9.27. The van der Waals surface area contributed by atoms with Crippen molar-refractivity contribution < 1.29 is 17.7 Å². The average molecular weight is 489 g/mol. The fraction of sp³-hybridized carbons (Fsp3) is 0.435. The van der Waals surface area contributed by atoms with Gasteiger partial charge < -0.3 is 9.84 Å². The van der Waals surface area contributed by atoms with Gasteiger partial charge in [-0.3, -0.25) is 4.79 Å². The van der Waals surface area contributed by atoms with E-state index in [0.717, 1.165) is 16.8 Å². The number of thiophene rings is 1. The van der Waals surface area contributed by atoms with E-state index in [9.17, 15) is 13.2 Å². The van der Waals surface area contributed by atoms with E-state index in [2.05, 4.69) is 15.5 Å². The molecule has 1 aromatic carbocycles. The molecule has 1 amide bonds. The number of sulfonamides is 1. The van der Waals surface area contributed by atoms with E-state index in [1.54, 1.807) is 13.0 Å². The average Bonchev–Trinajstić information content (AvgIpc) is 3.44. The molecule has 1 aliphatic rings. The number of nitrogens with one attached hydrogen (secondary N) is 1. The molecule has 2 aromatic heterocycles. The minimum Gasteiger partial charge on any atom is -0.339 e. The Kier molecular flexibility index (Phi) is 6.69. The summed E-state index contributed by atoms with van der Waals surface area (Å²) in [7, 11) is -3.76. The van der Waals surface area contributed by atoms with Gasteiger partial charge in [-0.05, 0) is 56.9 Å². The fourth-order valence-corrected chi connectivity index (χ4v) is 6.98. The number of hydrogen-bond acceptors (Lipinski definition) is 7. The zero-order chi connectivity index (χ0) is 23.8. The highest BCUT2D eigenvalue weighted by Crippen LogP contribution is 2.35. The molecule has 3 aromatic rings. The van der Waals surface area contributed by atoms with Crippen molar-refractivity contribution in [1.82, 2.24) is 14.4 Å². The van der Waals surface area contributed by atoms with Crippen LogP contribution in [0.5, 0.6) is 0 Å². The highest BCUT2D eigenvalue weighted by Gasteiger charge is 2.35. The Morgan fingerprint density at radius 3 is 2.82 bits per heavy atom. The minimum absolute atomic E-state index is 0.148. The van der Waals surface area contributed by atoms with Gasteiger partial charge in [-0.1, -0.05) is 24.2 Å². The number of benzene rings is 1. The molecule has 3 heterocycles. The van der Waals surface area contributed by atoms with Gasteiger partial charge in [0.2, 0.25) is 27.6 Å². The lowest BCUT2D eigenvalue weighted by Gasteiger charge is -2.31. The van der Waals surface area contributed by atoms with Gasteiger partial charge in [0.05, 0.1) is 15.7 Å². The lowest BCUT2D eigenvalue weighted by Crippen LogP contribution is -2.43. The molecule has 1 fully saturated rings. The van der Waals surface area contributed by atoms with E-state index < -0.39 is 15.9 Å². The first-order chi connectivity index (χ1) is 15.7. The van der Waals surface area contributed by atoms with Crippen molar-refractivity contribution >= 4 is 33.0 Å². The van der Waals surface area contributed by atoms with Crippen molar-refractivity contribution in [3.8, 4) is 10.7 Å². The number of piperidine rings is 1. The second kappa shape index (κ2) is 9.36. The van der Waals surface area contributed by atoms with Gasteiger partial charge in [0.15, 0.2) is 0 Å². The molecule has 33 heavy (non-hydrogen) atoms. The first-order valence-electron chi connectivity index (χ1n) is 11.0. The lowest BCUT2D eigenvalue weighted by atomic mass is 9.98. The number of amides is 1. The largest absolute Gasteiger partial charge is 0.339 e. The molecule has 0 radical (unpaired) electrons. The van der Waals surface area contributed by atoms with E-state index in [4.69, 9.17) is 4.52 Å². The summed E-state index contributed by atoms with van der Waals surface area (Å²) in [5, 5.41) is 6.95. The van der Waals surface area contributed by atoms with E-state index in [-0.39, 0.29) is 17.3 Å². The normalized spacial score (nSPS) is 17.3. The quantitative estimate of drug-likeness (QED) is 0.554.